The molecule has 1 amide bonds. The van der Waals surface area contributed by atoms with Crippen LogP contribution in [0.1, 0.15) is 5.82 Å². The lowest BCUT2D eigenvalue weighted by molar-refractivity contribution is -0.125. The third-order valence-corrected chi connectivity index (χ3v) is 3.35. The summed E-state index contributed by atoms with van der Waals surface area (Å²) >= 11 is 0. The second-order valence-corrected chi connectivity index (χ2v) is 4.59. The molecule has 6 heteroatoms. The highest BCUT2D eigenvalue weighted by atomic mass is 16.1. The fraction of sp³-hybridized carbons (Fsp3) is 0.636. The number of likely N-dealkylation sites (N-methyl/N-ethyl adjacent to an activating group) is 1. The molecule has 1 aromatic rings. The predicted octanol–water partition coefficient (Wildman–Crippen LogP) is -0.979. The van der Waals surface area contributed by atoms with E-state index >= 15 is 0 Å². The monoisotopic (exact) mass is 237 g/mol. The van der Waals surface area contributed by atoms with Crippen LogP contribution in [0.25, 0.3) is 0 Å². The van der Waals surface area contributed by atoms with E-state index in [0.29, 0.717) is 6.54 Å². The van der Waals surface area contributed by atoms with Gasteiger partial charge in [-0.25, -0.2) is 4.98 Å². The van der Waals surface area contributed by atoms with Crippen molar-refractivity contribution >= 4 is 5.91 Å². The normalized spacial score (nSPS) is 22.8. The minimum atomic E-state index is -0.253. The number of hydrogen-bond donors (Lipinski definition) is 1. The molecule has 1 aromatic heterocycles. The molecule has 0 aliphatic carbocycles. The van der Waals surface area contributed by atoms with E-state index < -0.39 is 0 Å². The number of imidazole rings is 1. The van der Waals surface area contributed by atoms with Gasteiger partial charge in [-0.3, -0.25) is 14.6 Å². The Balaban J connectivity index is 1.99. The lowest BCUT2D eigenvalue weighted by atomic mass is 10.1. The van der Waals surface area contributed by atoms with Crippen LogP contribution in [-0.4, -0.2) is 58.0 Å². The van der Waals surface area contributed by atoms with E-state index in [4.69, 9.17) is 5.73 Å². The zero-order valence-electron chi connectivity index (χ0n) is 10.3. The summed E-state index contributed by atoms with van der Waals surface area (Å²) in [6.07, 6.45) is 3.72. The number of amides is 1. The quantitative estimate of drug-likeness (QED) is 0.734. The summed E-state index contributed by atoms with van der Waals surface area (Å²) in [6.45, 7) is 3.24. The molecular weight excluding hydrogens is 218 g/mol. The lowest BCUT2D eigenvalue weighted by Gasteiger charge is -2.37. The number of aromatic nitrogens is 2. The number of primary amides is 1. The van der Waals surface area contributed by atoms with E-state index in [1.165, 1.54) is 0 Å². The molecule has 94 valence electrons. The second kappa shape index (κ2) is 4.85. The molecule has 0 spiro atoms. The van der Waals surface area contributed by atoms with Crippen molar-refractivity contribution in [2.24, 2.45) is 12.8 Å². The summed E-state index contributed by atoms with van der Waals surface area (Å²) in [7, 11) is 3.91. The molecule has 0 radical (unpaired) electrons. The largest absolute Gasteiger partial charge is 0.368 e. The average Bonchev–Trinajstić information content (AvgIpc) is 2.67. The molecule has 6 nitrogen and oxygen atoms in total. The first kappa shape index (κ1) is 12.1. The minimum absolute atomic E-state index is 0.191. The molecule has 2 N–H and O–H groups in total. The van der Waals surface area contributed by atoms with E-state index in [-0.39, 0.29) is 11.9 Å². The number of carbonyl (C=O) groups is 1. The molecule has 0 aromatic carbocycles. The Kier molecular flexibility index (Phi) is 3.44. The Morgan fingerprint density at radius 2 is 2.29 bits per heavy atom. The summed E-state index contributed by atoms with van der Waals surface area (Å²) in [4.78, 5) is 19.8. The molecule has 17 heavy (non-hydrogen) atoms. The summed E-state index contributed by atoms with van der Waals surface area (Å²) in [6, 6.07) is -0.191. The summed E-state index contributed by atoms with van der Waals surface area (Å²) in [5.74, 6) is 0.759. The van der Waals surface area contributed by atoms with E-state index in [1.807, 2.05) is 29.8 Å². The van der Waals surface area contributed by atoms with Gasteiger partial charge in [0.1, 0.15) is 11.9 Å². The van der Waals surface area contributed by atoms with Crippen LogP contribution < -0.4 is 5.73 Å². The van der Waals surface area contributed by atoms with E-state index in [9.17, 15) is 4.79 Å². The smallest absolute Gasteiger partial charge is 0.236 e. The van der Waals surface area contributed by atoms with Crippen LogP contribution >= 0.6 is 0 Å². The zero-order valence-corrected chi connectivity index (χ0v) is 10.3. The maximum absolute atomic E-state index is 11.3. The Bertz CT molecular complexity index is 402. The number of nitrogens with two attached hydrogens (primary N) is 1. The van der Waals surface area contributed by atoms with Crippen LogP contribution in [0.4, 0.5) is 0 Å². The van der Waals surface area contributed by atoms with Crippen LogP contribution in [0.3, 0.4) is 0 Å². The molecule has 0 bridgehead atoms. The minimum Gasteiger partial charge on any atom is -0.368 e. The topological polar surface area (TPSA) is 67.4 Å². The number of nitrogens with zero attached hydrogens (tertiary/aromatic N) is 4. The second-order valence-electron chi connectivity index (χ2n) is 4.59. The van der Waals surface area contributed by atoms with Crippen molar-refractivity contribution in [1.29, 1.82) is 0 Å². The number of rotatable bonds is 3. The van der Waals surface area contributed by atoms with E-state index in [1.54, 1.807) is 6.20 Å². The number of aryl methyl sites for hydroxylation is 1. The SMILES string of the molecule is CN1CCN(Cc2nccn2C)CC1C(N)=O. The van der Waals surface area contributed by atoms with Crippen LogP contribution in [0.5, 0.6) is 0 Å². The van der Waals surface area contributed by atoms with Gasteiger partial charge in [0.05, 0.1) is 6.54 Å². The van der Waals surface area contributed by atoms with Gasteiger partial charge in [0.15, 0.2) is 0 Å². The first-order chi connectivity index (χ1) is 8.08. The standard InChI is InChI=1S/C11H19N5O/c1-14-5-6-16(7-9(14)11(12)17)8-10-13-3-4-15(10)2/h3-4,9H,5-8H2,1-2H3,(H2,12,17). The van der Waals surface area contributed by atoms with E-state index in [2.05, 4.69) is 9.88 Å². The maximum atomic E-state index is 11.3. The fourth-order valence-corrected chi connectivity index (χ4v) is 2.13. The summed E-state index contributed by atoms with van der Waals surface area (Å²) in [5, 5.41) is 0. The van der Waals surface area contributed by atoms with Crippen molar-refractivity contribution < 1.29 is 4.79 Å². The van der Waals surface area contributed by atoms with Crippen LogP contribution in [0, 0.1) is 0 Å². The molecule has 1 atom stereocenters. The van der Waals surface area contributed by atoms with Crippen molar-refractivity contribution in [2.45, 2.75) is 12.6 Å². The van der Waals surface area contributed by atoms with Gasteiger partial charge in [0.25, 0.3) is 0 Å². The Hall–Kier alpha value is -1.40. The molecule has 1 unspecified atom stereocenters. The highest BCUT2D eigenvalue weighted by Crippen LogP contribution is 2.10. The van der Waals surface area contributed by atoms with Crippen molar-refractivity contribution in [3.8, 4) is 0 Å². The highest BCUT2D eigenvalue weighted by molar-refractivity contribution is 5.80. The molecule has 1 fully saturated rings. The van der Waals surface area contributed by atoms with Gasteiger partial charge in [-0.2, -0.15) is 0 Å². The molecule has 1 saturated heterocycles. The highest BCUT2D eigenvalue weighted by Gasteiger charge is 2.28. The first-order valence-electron chi connectivity index (χ1n) is 5.76. The Morgan fingerprint density at radius 1 is 1.53 bits per heavy atom. The lowest BCUT2D eigenvalue weighted by Crippen LogP contribution is -2.56. The number of carbonyl (C=O) groups excluding carboxylic acids is 1. The van der Waals surface area contributed by atoms with Gasteiger partial charge in [0, 0.05) is 39.1 Å². The molecule has 0 saturated carbocycles. The Morgan fingerprint density at radius 3 is 2.88 bits per heavy atom. The fourth-order valence-electron chi connectivity index (χ4n) is 2.13. The van der Waals surface area contributed by atoms with Crippen LogP contribution in [-0.2, 0) is 18.4 Å². The molecule has 2 heterocycles. The number of piperazine rings is 1. The van der Waals surface area contributed by atoms with E-state index in [0.717, 1.165) is 25.5 Å². The zero-order chi connectivity index (χ0) is 12.4. The Labute approximate surface area is 101 Å². The first-order valence-corrected chi connectivity index (χ1v) is 5.76. The molecular formula is C11H19N5O. The van der Waals surface area contributed by atoms with Crippen molar-refractivity contribution in [1.82, 2.24) is 19.4 Å². The average molecular weight is 237 g/mol. The molecule has 1 aliphatic heterocycles. The van der Waals surface area contributed by atoms with Gasteiger partial charge in [0.2, 0.25) is 5.91 Å². The van der Waals surface area contributed by atoms with Crippen molar-refractivity contribution in [3.63, 3.8) is 0 Å². The van der Waals surface area contributed by atoms with Crippen molar-refractivity contribution in [2.75, 3.05) is 26.7 Å². The van der Waals surface area contributed by atoms with Crippen molar-refractivity contribution in [3.05, 3.63) is 18.2 Å². The molecule has 2 rings (SSSR count). The van der Waals surface area contributed by atoms with Gasteiger partial charge in [-0.05, 0) is 7.05 Å². The summed E-state index contributed by atoms with van der Waals surface area (Å²) < 4.78 is 2.00. The third-order valence-electron chi connectivity index (χ3n) is 3.35. The van der Waals surface area contributed by atoms with Gasteiger partial charge < -0.3 is 10.3 Å². The van der Waals surface area contributed by atoms with Crippen LogP contribution in [0.15, 0.2) is 12.4 Å². The van der Waals surface area contributed by atoms with Gasteiger partial charge >= 0.3 is 0 Å². The predicted molar refractivity (Wildman–Crippen MR) is 64.1 cm³/mol. The van der Waals surface area contributed by atoms with Gasteiger partial charge in [-0.1, -0.05) is 0 Å². The third kappa shape index (κ3) is 2.65. The maximum Gasteiger partial charge on any atom is 0.236 e. The molecule has 1 aliphatic rings. The summed E-state index contributed by atoms with van der Waals surface area (Å²) in [5.41, 5.74) is 5.40. The van der Waals surface area contributed by atoms with Crippen LogP contribution in [0.2, 0.25) is 0 Å². The number of hydrogen-bond acceptors (Lipinski definition) is 4. The van der Waals surface area contributed by atoms with Gasteiger partial charge in [-0.15, -0.1) is 0 Å².